The zero-order valence-electron chi connectivity index (χ0n) is 13.0. The van der Waals surface area contributed by atoms with E-state index < -0.39 is 0 Å². The van der Waals surface area contributed by atoms with Gasteiger partial charge in [0, 0.05) is 0 Å². The van der Waals surface area contributed by atoms with E-state index in [2.05, 4.69) is 5.32 Å². The van der Waals surface area contributed by atoms with Crippen LogP contribution in [0.1, 0.15) is 12.5 Å². The molecule has 2 aromatic carbocycles. The topological polar surface area (TPSA) is 41.6 Å². The molecule has 1 amide bonds. The lowest BCUT2D eigenvalue weighted by Gasteiger charge is -2.15. The van der Waals surface area contributed by atoms with Gasteiger partial charge in [0.25, 0.3) is 5.91 Å². The molecule has 0 aromatic heterocycles. The van der Waals surface area contributed by atoms with Gasteiger partial charge in [-0.25, -0.2) is 0 Å². The van der Waals surface area contributed by atoms with E-state index >= 15 is 0 Å². The predicted molar refractivity (Wildman–Crippen MR) is 100 cm³/mol. The Morgan fingerprint density at radius 1 is 1.21 bits per heavy atom. The average molecular weight is 359 g/mol. The minimum Gasteiger partial charge on any atom is -0.494 e. The summed E-state index contributed by atoms with van der Waals surface area (Å²) in [5.74, 6) is 0.556. The quantitative estimate of drug-likeness (QED) is 0.662. The van der Waals surface area contributed by atoms with Crippen LogP contribution in [0.4, 0.5) is 5.69 Å². The van der Waals surface area contributed by atoms with Crippen molar-refractivity contribution >= 4 is 46.6 Å². The highest BCUT2D eigenvalue weighted by atomic mass is 35.5. The summed E-state index contributed by atoms with van der Waals surface area (Å²) in [6.45, 7) is 2.54. The van der Waals surface area contributed by atoms with Gasteiger partial charge in [-0.05, 0) is 55.0 Å². The zero-order chi connectivity index (χ0) is 17.1. The first-order valence-electron chi connectivity index (χ1n) is 7.44. The molecule has 1 N–H and O–H groups in total. The molecule has 122 valence electrons. The third kappa shape index (κ3) is 3.27. The lowest BCUT2D eigenvalue weighted by Crippen LogP contribution is -2.30. The van der Waals surface area contributed by atoms with Gasteiger partial charge in [-0.1, -0.05) is 35.9 Å². The number of ether oxygens (including phenoxy) is 1. The maximum atomic E-state index is 12.7. The molecule has 0 aliphatic carbocycles. The molecule has 0 atom stereocenters. The van der Waals surface area contributed by atoms with Crippen LogP contribution in [-0.2, 0) is 4.79 Å². The van der Waals surface area contributed by atoms with E-state index in [-0.39, 0.29) is 5.91 Å². The molecule has 1 saturated heterocycles. The van der Waals surface area contributed by atoms with Crippen LogP contribution in [-0.4, -0.2) is 17.6 Å². The van der Waals surface area contributed by atoms with Gasteiger partial charge in [0.15, 0.2) is 5.11 Å². The van der Waals surface area contributed by atoms with Gasteiger partial charge >= 0.3 is 0 Å². The van der Waals surface area contributed by atoms with Gasteiger partial charge in [-0.2, -0.15) is 0 Å². The third-order valence-electron chi connectivity index (χ3n) is 3.47. The lowest BCUT2D eigenvalue weighted by molar-refractivity contribution is -0.113. The van der Waals surface area contributed by atoms with Crippen molar-refractivity contribution in [2.75, 3.05) is 11.5 Å². The van der Waals surface area contributed by atoms with Crippen molar-refractivity contribution in [3.8, 4) is 5.75 Å². The molecular formula is C18H15ClN2O2S. The fourth-order valence-electron chi connectivity index (χ4n) is 2.38. The lowest BCUT2D eigenvalue weighted by atomic mass is 10.2. The van der Waals surface area contributed by atoms with Crippen LogP contribution < -0.4 is 15.0 Å². The number of carbonyl (C=O) groups excluding carboxylic acids is 1. The first kappa shape index (κ1) is 16.5. The summed E-state index contributed by atoms with van der Waals surface area (Å²) in [5, 5.41) is 3.73. The molecule has 24 heavy (non-hydrogen) atoms. The number of rotatable bonds is 4. The number of carbonyl (C=O) groups is 1. The fraction of sp³-hybridized carbons (Fsp3) is 0.111. The van der Waals surface area contributed by atoms with Crippen LogP contribution >= 0.6 is 23.8 Å². The highest BCUT2D eigenvalue weighted by molar-refractivity contribution is 7.80. The van der Waals surface area contributed by atoms with Crippen molar-refractivity contribution in [2.45, 2.75) is 6.92 Å². The molecule has 0 radical (unpaired) electrons. The van der Waals surface area contributed by atoms with Crippen LogP contribution in [0.15, 0.2) is 54.2 Å². The van der Waals surface area contributed by atoms with Gasteiger partial charge in [0.05, 0.1) is 17.3 Å². The average Bonchev–Trinajstić information content (AvgIpc) is 2.84. The minimum absolute atomic E-state index is 0.234. The minimum atomic E-state index is -0.234. The summed E-state index contributed by atoms with van der Waals surface area (Å²) in [7, 11) is 0. The van der Waals surface area contributed by atoms with Crippen molar-refractivity contribution in [3.63, 3.8) is 0 Å². The number of para-hydroxylation sites is 1. The van der Waals surface area contributed by atoms with Crippen molar-refractivity contribution in [2.24, 2.45) is 0 Å². The van der Waals surface area contributed by atoms with E-state index in [1.54, 1.807) is 24.3 Å². The first-order chi connectivity index (χ1) is 11.6. The van der Waals surface area contributed by atoms with Gasteiger partial charge in [0.1, 0.15) is 11.4 Å². The van der Waals surface area contributed by atoms with Gasteiger partial charge in [-0.3, -0.25) is 9.69 Å². The second kappa shape index (κ2) is 7.03. The van der Waals surface area contributed by atoms with E-state index in [0.29, 0.717) is 28.1 Å². The second-order valence-corrected chi connectivity index (χ2v) is 5.88. The summed E-state index contributed by atoms with van der Waals surface area (Å²) >= 11 is 11.5. The summed E-state index contributed by atoms with van der Waals surface area (Å²) in [4.78, 5) is 14.1. The number of benzene rings is 2. The number of hydrogen-bond acceptors (Lipinski definition) is 3. The molecule has 3 rings (SSSR count). The van der Waals surface area contributed by atoms with Crippen LogP contribution in [0.25, 0.3) is 6.08 Å². The Morgan fingerprint density at radius 3 is 2.58 bits per heavy atom. The molecule has 0 saturated carbocycles. The Morgan fingerprint density at radius 2 is 1.92 bits per heavy atom. The normalized spacial score (nSPS) is 15.8. The van der Waals surface area contributed by atoms with E-state index in [9.17, 15) is 4.79 Å². The summed E-state index contributed by atoms with van der Waals surface area (Å²) < 4.78 is 5.41. The predicted octanol–water partition coefficient (Wildman–Crippen LogP) is 4.00. The monoisotopic (exact) mass is 358 g/mol. The Bertz CT molecular complexity index is 818. The molecule has 0 bridgehead atoms. The van der Waals surface area contributed by atoms with Crippen LogP contribution in [0.2, 0.25) is 5.02 Å². The molecule has 1 heterocycles. The number of anilines is 1. The van der Waals surface area contributed by atoms with Gasteiger partial charge in [0.2, 0.25) is 0 Å². The van der Waals surface area contributed by atoms with Crippen molar-refractivity contribution in [1.82, 2.24) is 5.32 Å². The second-order valence-electron chi connectivity index (χ2n) is 5.08. The maximum absolute atomic E-state index is 12.7. The molecule has 1 fully saturated rings. The Kier molecular flexibility index (Phi) is 4.83. The molecule has 1 aliphatic rings. The molecule has 4 nitrogen and oxygen atoms in total. The Balaban J connectivity index is 1.87. The number of amides is 1. The van der Waals surface area contributed by atoms with E-state index in [4.69, 9.17) is 28.6 Å². The van der Waals surface area contributed by atoms with Crippen molar-refractivity contribution in [1.29, 1.82) is 0 Å². The number of hydrogen-bond donors (Lipinski definition) is 1. The zero-order valence-corrected chi connectivity index (χ0v) is 14.5. The Hall–Kier alpha value is -2.37. The smallest absolute Gasteiger partial charge is 0.281 e. The SMILES string of the molecule is CCOc1ccc(/C=C2\NC(=S)N(c3ccccc3Cl)C2=O)cc1. The van der Waals surface area contributed by atoms with Crippen molar-refractivity contribution in [3.05, 3.63) is 64.8 Å². The summed E-state index contributed by atoms with van der Waals surface area (Å²) in [6, 6.07) is 14.6. The molecule has 6 heteroatoms. The van der Waals surface area contributed by atoms with Gasteiger partial charge < -0.3 is 10.1 Å². The highest BCUT2D eigenvalue weighted by Crippen LogP contribution is 2.29. The summed E-state index contributed by atoms with van der Waals surface area (Å²) in [6.07, 6.45) is 1.75. The standard InChI is InChI=1S/C18H15ClN2O2S/c1-2-23-13-9-7-12(8-10-13)11-15-17(22)21(18(24)20-15)16-6-4-3-5-14(16)19/h3-11H,2H2,1H3,(H,20,24)/b15-11-. The molecule has 2 aromatic rings. The molecule has 1 aliphatic heterocycles. The van der Waals surface area contributed by atoms with Crippen molar-refractivity contribution < 1.29 is 9.53 Å². The van der Waals surface area contributed by atoms with E-state index in [0.717, 1.165) is 11.3 Å². The first-order valence-corrected chi connectivity index (χ1v) is 8.23. The number of halogens is 1. The van der Waals surface area contributed by atoms with Crippen LogP contribution in [0.3, 0.4) is 0 Å². The van der Waals surface area contributed by atoms with Gasteiger partial charge in [-0.15, -0.1) is 0 Å². The third-order valence-corrected chi connectivity index (χ3v) is 4.08. The van der Waals surface area contributed by atoms with E-state index in [1.807, 2.05) is 37.3 Å². The Labute approximate surface area is 150 Å². The summed E-state index contributed by atoms with van der Waals surface area (Å²) in [5.41, 5.74) is 1.85. The van der Waals surface area contributed by atoms with Crippen LogP contribution in [0, 0.1) is 0 Å². The molecule has 0 unspecified atom stereocenters. The highest BCUT2D eigenvalue weighted by Gasteiger charge is 2.32. The molecular weight excluding hydrogens is 344 g/mol. The maximum Gasteiger partial charge on any atom is 0.281 e. The van der Waals surface area contributed by atoms with Crippen LogP contribution in [0.5, 0.6) is 5.75 Å². The fourth-order valence-corrected chi connectivity index (χ4v) is 2.89. The number of thiocarbonyl (C=S) groups is 1. The number of nitrogens with one attached hydrogen (secondary N) is 1. The van der Waals surface area contributed by atoms with E-state index in [1.165, 1.54) is 4.90 Å². The number of nitrogens with zero attached hydrogens (tertiary/aromatic N) is 1. The largest absolute Gasteiger partial charge is 0.494 e. The molecule has 0 spiro atoms.